The molecule has 0 amide bonds. The number of fused-ring (bicyclic) bond motifs is 1. The molecular formula is C28H27F3N6O. The van der Waals surface area contributed by atoms with Crippen LogP contribution in [0.2, 0.25) is 0 Å². The first-order chi connectivity index (χ1) is 18.3. The summed E-state index contributed by atoms with van der Waals surface area (Å²) in [6.45, 7) is 7.08. The Morgan fingerprint density at radius 2 is 1.74 bits per heavy atom. The highest BCUT2D eigenvalue weighted by atomic mass is 19.4. The molecule has 196 valence electrons. The fourth-order valence-corrected chi connectivity index (χ4v) is 4.94. The Labute approximate surface area is 218 Å². The highest BCUT2D eigenvalue weighted by Crippen LogP contribution is 2.40. The number of rotatable bonds is 7. The predicted molar refractivity (Wildman–Crippen MR) is 139 cm³/mol. The van der Waals surface area contributed by atoms with Gasteiger partial charge >= 0.3 is 6.36 Å². The number of alkyl halides is 3. The third kappa shape index (κ3) is 5.29. The first-order valence-electron chi connectivity index (χ1n) is 12.6. The number of hydrogen-bond acceptors (Lipinski definition) is 7. The number of piperazine rings is 1. The normalized spacial score (nSPS) is 17.2. The van der Waals surface area contributed by atoms with Crippen LogP contribution in [-0.4, -0.2) is 52.4 Å². The van der Waals surface area contributed by atoms with Gasteiger partial charge in [-0.3, -0.25) is 4.98 Å². The molecule has 0 spiro atoms. The fourth-order valence-electron chi connectivity index (χ4n) is 4.94. The molecule has 1 saturated heterocycles. The molecule has 1 aliphatic heterocycles. The smallest absolute Gasteiger partial charge is 0.406 e. The molecule has 38 heavy (non-hydrogen) atoms. The summed E-state index contributed by atoms with van der Waals surface area (Å²) in [6.07, 6.45) is 4.34. The van der Waals surface area contributed by atoms with E-state index in [1.807, 2.05) is 6.20 Å². The van der Waals surface area contributed by atoms with Crippen LogP contribution >= 0.6 is 0 Å². The van der Waals surface area contributed by atoms with Crippen molar-refractivity contribution in [2.45, 2.75) is 31.5 Å². The lowest BCUT2D eigenvalue weighted by Gasteiger charge is -2.38. The summed E-state index contributed by atoms with van der Waals surface area (Å²) in [5, 5.41) is 3.17. The summed E-state index contributed by atoms with van der Waals surface area (Å²) in [7, 11) is 0. The van der Waals surface area contributed by atoms with Gasteiger partial charge in [0.2, 0.25) is 0 Å². The van der Waals surface area contributed by atoms with Crippen molar-refractivity contribution in [1.82, 2.24) is 19.9 Å². The molecule has 0 bridgehead atoms. The van der Waals surface area contributed by atoms with Crippen molar-refractivity contribution in [3.05, 3.63) is 83.8 Å². The van der Waals surface area contributed by atoms with E-state index in [9.17, 15) is 13.2 Å². The molecule has 3 heterocycles. The highest BCUT2D eigenvalue weighted by Gasteiger charge is 2.31. The van der Waals surface area contributed by atoms with Crippen molar-refractivity contribution < 1.29 is 17.9 Å². The largest absolute Gasteiger partial charge is 0.573 e. The number of hydrogen-bond donors (Lipinski definition) is 1. The summed E-state index contributed by atoms with van der Waals surface area (Å²) in [5.74, 6) is 2.00. The minimum absolute atomic E-state index is 0.261. The zero-order valence-electron chi connectivity index (χ0n) is 20.7. The first kappa shape index (κ1) is 24.3. The number of nitrogens with one attached hydrogen (secondary N) is 1. The standard InChI is InChI=1S/C28H27F3N6O/c1-18(35-22-5-7-23(8-6-22)38-28(29,30)31)36-10-12-37(13-11-36)27-24-14-21(15-26(24)33-17-34-27)20-4-9-25(32-16-20)19-2-3-19/h4-9,14,16-17,19,35H,1-3,10-13,15H2. The molecular weight excluding hydrogens is 493 g/mol. The van der Waals surface area contributed by atoms with Crippen molar-refractivity contribution in [1.29, 1.82) is 0 Å². The van der Waals surface area contributed by atoms with Crippen molar-refractivity contribution in [3.63, 3.8) is 0 Å². The van der Waals surface area contributed by atoms with Crippen LogP contribution < -0.4 is 15.0 Å². The molecule has 0 unspecified atom stereocenters. The molecule has 1 aromatic carbocycles. The topological polar surface area (TPSA) is 66.4 Å². The van der Waals surface area contributed by atoms with E-state index in [1.165, 1.54) is 48.4 Å². The van der Waals surface area contributed by atoms with Gasteiger partial charge in [0.1, 0.15) is 17.9 Å². The number of anilines is 2. The van der Waals surface area contributed by atoms with E-state index in [1.54, 1.807) is 6.33 Å². The van der Waals surface area contributed by atoms with Crippen molar-refractivity contribution in [2.24, 2.45) is 0 Å². The molecule has 6 rings (SSSR count). The maximum atomic E-state index is 12.4. The summed E-state index contributed by atoms with van der Waals surface area (Å²) in [6, 6.07) is 9.93. The van der Waals surface area contributed by atoms with Crippen LogP contribution in [0, 0.1) is 0 Å². The first-order valence-corrected chi connectivity index (χ1v) is 12.6. The molecule has 2 aliphatic carbocycles. The number of ether oxygens (including phenoxy) is 1. The summed E-state index contributed by atoms with van der Waals surface area (Å²) in [4.78, 5) is 18.2. The van der Waals surface area contributed by atoms with Crippen LogP contribution in [0.5, 0.6) is 5.75 Å². The van der Waals surface area contributed by atoms with Crippen LogP contribution in [-0.2, 0) is 6.42 Å². The molecule has 3 aliphatic rings. The Morgan fingerprint density at radius 3 is 2.39 bits per heavy atom. The summed E-state index contributed by atoms with van der Waals surface area (Å²) >= 11 is 0. The zero-order valence-corrected chi connectivity index (χ0v) is 20.7. The van der Waals surface area contributed by atoms with E-state index < -0.39 is 6.36 Å². The molecule has 2 aromatic heterocycles. The molecule has 10 heteroatoms. The van der Waals surface area contributed by atoms with Crippen LogP contribution in [0.15, 0.2) is 61.3 Å². The third-order valence-corrected chi connectivity index (χ3v) is 7.11. The molecule has 7 nitrogen and oxygen atoms in total. The minimum Gasteiger partial charge on any atom is -0.406 e. The Morgan fingerprint density at radius 1 is 0.974 bits per heavy atom. The Balaban J connectivity index is 1.08. The maximum Gasteiger partial charge on any atom is 0.573 e. The fraction of sp³-hybridized carbons (Fsp3) is 0.321. The SMILES string of the molecule is C=C(Nc1ccc(OC(F)(F)F)cc1)N1CCN(c2ncnc3c2C=C(c2ccc(C4CC4)nc2)C3)CC1. The quantitative estimate of drug-likeness (QED) is 0.445. The number of pyridine rings is 1. The zero-order chi connectivity index (χ0) is 26.3. The van der Waals surface area contributed by atoms with E-state index in [4.69, 9.17) is 0 Å². The van der Waals surface area contributed by atoms with Gasteiger partial charge < -0.3 is 19.9 Å². The molecule has 0 atom stereocenters. The van der Waals surface area contributed by atoms with Gasteiger partial charge in [-0.1, -0.05) is 12.6 Å². The molecule has 3 aromatic rings. The molecule has 1 saturated carbocycles. The highest BCUT2D eigenvalue weighted by molar-refractivity contribution is 5.91. The number of halogens is 3. The van der Waals surface area contributed by atoms with Crippen LogP contribution in [0.4, 0.5) is 24.7 Å². The average molecular weight is 521 g/mol. The summed E-state index contributed by atoms with van der Waals surface area (Å²) < 4.78 is 41.1. The van der Waals surface area contributed by atoms with Crippen molar-refractivity contribution in [2.75, 3.05) is 36.4 Å². The van der Waals surface area contributed by atoms with Crippen LogP contribution in [0.1, 0.15) is 41.3 Å². The van der Waals surface area contributed by atoms with Crippen molar-refractivity contribution in [3.8, 4) is 5.75 Å². The van der Waals surface area contributed by atoms with Gasteiger partial charge in [0.25, 0.3) is 0 Å². The lowest BCUT2D eigenvalue weighted by molar-refractivity contribution is -0.274. The van der Waals surface area contributed by atoms with E-state index in [0.717, 1.165) is 55.2 Å². The van der Waals surface area contributed by atoms with Crippen molar-refractivity contribution >= 4 is 23.2 Å². The number of allylic oxidation sites excluding steroid dienone is 1. The lowest BCUT2D eigenvalue weighted by atomic mass is 10.1. The second-order valence-corrected chi connectivity index (χ2v) is 9.77. The molecule has 1 N–H and O–H groups in total. The van der Waals surface area contributed by atoms with Gasteiger partial charge in [-0.15, -0.1) is 13.2 Å². The van der Waals surface area contributed by atoms with E-state index >= 15 is 0 Å². The van der Waals surface area contributed by atoms with E-state index in [0.29, 0.717) is 17.4 Å². The lowest BCUT2D eigenvalue weighted by Crippen LogP contribution is -2.47. The van der Waals surface area contributed by atoms with Gasteiger partial charge in [-0.25, -0.2) is 9.97 Å². The number of nitrogens with zero attached hydrogens (tertiary/aromatic N) is 5. The van der Waals surface area contributed by atoms with E-state index in [2.05, 4.69) is 59.6 Å². The third-order valence-electron chi connectivity index (χ3n) is 7.11. The Kier molecular flexibility index (Phi) is 6.17. The van der Waals surface area contributed by atoms with Crippen LogP contribution in [0.25, 0.3) is 11.6 Å². The number of benzene rings is 1. The van der Waals surface area contributed by atoms with Gasteiger partial charge in [-0.05, 0) is 60.4 Å². The monoisotopic (exact) mass is 520 g/mol. The second-order valence-electron chi connectivity index (χ2n) is 9.77. The minimum atomic E-state index is -4.71. The van der Waals surface area contributed by atoms with Crippen LogP contribution in [0.3, 0.4) is 0 Å². The van der Waals surface area contributed by atoms with Gasteiger partial charge in [0.15, 0.2) is 0 Å². The van der Waals surface area contributed by atoms with Gasteiger partial charge in [-0.2, -0.15) is 0 Å². The average Bonchev–Trinajstić information content (AvgIpc) is 3.67. The predicted octanol–water partition coefficient (Wildman–Crippen LogP) is 5.45. The second kappa shape index (κ2) is 9.66. The van der Waals surface area contributed by atoms with Gasteiger partial charge in [0, 0.05) is 61.7 Å². The number of aromatic nitrogens is 3. The van der Waals surface area contributed by atoms with E-state index in [-0.39, 0.29) is 5.75 Å². The Hall–Kier alpha value is -4.08. The van der Waals surface area contributed by atoms with Gasteiger partial charge in [0.05, 0.1) is 11.5 Å². The molecule has 0 radical (unpaired) electrons. The Bertz CT molecular complexity index is 1360. The summed E-state index contributed by atoms with van der Waals surface area (Å²) in [5.41, 5.74) is 6.26. The maximum absolute atomic E-state index is 12.4. The molecule has 2 fully saturated rings.